The number of carbonyl (C=O) groups is 1. The minimum atomic E-state index is -0.332. The monoisotopic (exact) mass is 366 g/mol. The number of anilines is 3. The lowest BCUT2D eigenvalue weighted by Crippen LogP contribution is -2.15. The lowest BCUT2D eigenvalue weighted by atomic mass is 10.1. The van der Waals surface area contributed by atoms with Gasteiger partial charge in [0.05, 0.1) is 12.4 Å². The first-order valence-electron chi connectivity index (χ1n) is 8.16. The second-order valence-electron chi connectivity index (χ2n) is 6.14. The molecule has 132 valence electrons. The van der Waals surface area contributed by atoms with Crippen molar-refractivity contribution in [3.05, 3.63) is 76.2 Å². The third-order valence-corrected chi connectivity index (χ3v) is 4.22. The largest absolute Gasteiger partial charge is 0.339 e. The summed E-state index contributed by atoms with van der Waals surface area (Å²) in [5.41, 5.74) is 5.03. The molecule has 1 amide bonds. The van der Waals surface area contributed by atoms with Crippen molar-refractivity contribution in [2.24, 2.45) is 0 Å². The Hall–Kier alpha value is -2.92. The normalized spacial score (nSPS) is 10.5. The van der Waals surface area contributed by atoms with Gasteiger partial charge in [-0.1, -0.05) is 29.8 Å². The fourth-order valence-corrected chi connectivity index (χ4v) is 2.61. The molecule has 3 rings (SSSR count). The van der Waals surface area contributed by atoms with Gasteiger partial charge in [0.15, 0.2) is 0 Å². The number of hydrogen-bond acceptors (Lipinski definition) is 4. The van der Waals surface area contributed by atoms with Crippen LogP contribution in [0.3, 0.4) is 0 Å². The van der Waals surface area contributed by atoms with Gasteiger partial charge in [0, 0.05) is 16.4 Å². The Bertz CT molecular complexity index is 955. The zero-order chi connectivity index (χ0) is 18.7. The van der Waals surface area contributed by atoms with Gasteiger partial charge in [-0.3, -0.25) is 4.79 Å². The lowest BCUT2D eigenvalue weighted by Gasteiger charge is -2.11. The second-order valence-corrected chi connectivity index (χ2v) is 6.58. The van der Waals surface area contributed by atoms with Crippen molar-refractivity contribution < 1.29 is 4.79 Å². The highest BCUT2D eigenvalue weighted by molar-refractivity contribution is 6.31. The highest BCUT2D eigenvalue weighted by Crippen LogP contribution is 2.22. The molecule has 3 aromatic rings. The van der Waals surface area contributed by atoms with E-state index in [-0.39, 0.29) is 11.6 Å². The number of halogens is 1. The molecule has 2 N–H and O–H groups in total. The lowest BCUT2D eigenvalue weighted by molar-refractivity contribution is 0.102. The smallest absolute Gasteiger partial charge is 0.275 e. The van der Waals surface area contributed by atoms with E-state index < -0.39 is 0 Å². The molecule has 26 heavy (non-hydrogen) atoms. The fourth-order valence-electron chi connectivity index (χ4n) is 2.43. The van der Waals surface area contributed by atoms with Crippen molar-refractivity contribution in [1.82, 2.24) is 9.97 Å². The summed E-state index contributed by atoms with van der Waals surface area (Å²) < 4.78 is 0. The molecule has 6 heteroatoms. The summed E-state index contributed by atoms with van der Waals surface area (Å²) in [6, 6.07) is 11.5. The fraction of sp³-hybridized carbons (Fsp3) is 0.150. The van der Waals surface area contributed by atoms with E-state index in [2.05, 4.69) is 26.7 Å². The predicted octanol–water partition coefficient (Wildman–Crippen LogP) is 5.05. The first kappa shape index (κ1) is 17.9. The number of aryl methyl sites for hydroxylation is 3. The van der Waals surface area contributed by atoms with Gasteiger partial charge in [0.25, 0.3) is 5.91 Å². The molecule has 1 aromatic heterocycles. The molecular formula is C20H19ClN4O. The van der Waals surface area contributed by atoms with Gasteiger partial charge in [-0.05, 0) is 55.7 Å². The molecule has 0 spiro atoms. The molecule has 0 radical (unpaired) electrons. The van der Waals surface area contributed by atoms with E-state index in [1.807, 2.05) is 39.0 Å². The van der Waals surface area contributed by atoms with Crippen LogP contribution in [0.1, 0.15) is 27.2 Å². The summed E-state index contributed by atoms with van der Waals surface area (Å²) in [6.07, 6.45) is 2.99. The Morgan fingerprint density at radius 1 is 0.923 bits per heavy atom. The Morgan fingerprint density at radius 3 is 2.38 bits per heavy atom. The molecule has 0 aliphatic heterocycles. The van der Waals surface area contributed by atoms with E-state index in [9.17, 15) is 4.79 Å². The van der Waals surface area contributed by atoms with E-state index in [0.717, 1.165) is 22.4 Å². The first-order valence-corrected chi connectivity index (χ1v) is 8.54. The van der Waals surface area contributed by atoms with Crippen LogP contribution in [0, 0.1) is 20.8 Å². The summed E-state index contributed by atoms with van der Waals surface area (Å²) in [6.45, 7) is 5.95. The van der Waals surface area contributed by atoms with Gasteiger partial charge in [0.1, 0.15) is 11.5 Å². The highest BCUT2D eigenvalue weighted by atomic mass is 35.5. The maximum atomic E-state index is 12.4. The van der Waals surface area contributed by atoms with Crippen molar-refractivity contribution in [2.45, 2.75) is 20.8 Å². The van der Waals surface area contributed by atoms with Gasteiger partial charge in [-0.2, -0.15) is 0 Å². The van der Waals surface area contributed by atoms with E-state index >= 15 is 0 Å². The molecular weight excluding hydrogens is 348 g/mol. The number of aromatic nitrogens is 2. The molecule has 5 nitrogen and oxygen atoms in total. The third kappa shape index (κ3) is 4.18. The number of hydrogen-bond donors (Lipinski definition) is 2. The van der Waals surface area contributed by atoms with Crippen LogP contribution in [0.5, 0.6) is 0 Å². The number of amides is 1. The van der Waals surface area contributed by atoms with Crippen LogP contribution in [0.25, 0.3) is 0 Å². The minimum absolute atomic E-state index is 0.232. The Balaban J connectivity index is 1.73. The number of benzene rings is 2. The maximum Gasteiger partial charge on any atom is 0.275 e. The van der Waals surface area contributed by atoms with E-state index in [1.54, 1.807) is 18.3 Å². The van der Waals surface area contributed by atoms with E-state index in [0.29, 0.717) is 16.5 Å². The SMILES string of the molecule is Cc1ccc(C)c(Nc2cnc(C(=O)Nc3cc(Cl)ccc3C)cn2)c1. The van der Waals surface area contributed by atoms with Gasteiger partial charge >= 0.3 is 0 Å². The third-order valence-electron chi connectivity index (χ3n) is 3.99. The van der Waals surface area contributed by atoms with Crippen molar-refractivity contribution in [3.63, 3.8) is 0 Å². The predicted molar refractivity (Wildman–Crippen MR) is 105 cm³/mol. The average Bonchev–Trinajstić information content (AvgIpc) is 2.62. The highest BCUT2D eigenvalue weighted by Gasteiger charge is 2.11. The summed E-state index contributed by atoms with van der Waals surface area (Å²) in [5.74, 6) is 0.246. The van der Waals surface area contributed by atoms with E-state index in [4.69, 9.17) is 11.6 Å². The Kier molecular flexibility index (Phi) is 5.19. The first-order chi connectivity index (χ1) is 12.4. The molecule has 0 atom stereocenters. The summed E-state index contributed by atoms with van der Waals surface area (Å²) in [7, 11) is 0. The zero-order valence-corrected chi connectivity index (χ0v) is 15.6. The molecule has 0 aliphatic carbocycles. The molecule has 0 saturated carbocycles. The topological polar surface area (TPSA) is 66.9 Å². The van der Waals surface area contributed by atoms with Crippen LogP contribution in [0.4, 0.5) is 17.2 Å². The molecule has 2 aromatic carbocycles. The molecule has 0 unspecified atom stereocenters. The Labute approximate surface area is 157 Å². The zero-order valence-electron chi connectivity index (χ0n) is 14.8. The molecule has 0 aliphatic rings. The quantitative estimate of drug-likeness (QED) is 0.678. The van der Waals surface area contributed by atoms with Crippen molar-refractivity contribution in [3.8, 4) is 0 Å². The summed E-state index contributed by atoms with van der Waals surface area (Å²) in [4.78, 5) is 20.9. The summed E-state index contributed by atoms with van der Waals surface area (Å²) in [5, 5.41) is 6.59. The van der Waals surface area contributed by atoms with Crippen molar-refractivity contribution >= 4 is 34.7 Å². The van der Waals surface area contributed by atoms with Crippen LogP contribution in [0.2, 0.25) is 5.02 Å². The number of nitrogens with one attached hydrogen (secondary N) is 2. The Morgan fingerprint density at radius 2 is 1.65 bits per heavy atom. The van der Waals surface area contributed by atoms with Crippen LogP contribution >= 0.6 is 11.6 Å². The average molecular weight is 367 g/mol. The maximum absolute atomic E-state index is 12.4. The number of nitrogens with zero attached hydrogens (tertiary/aromatic N) is 2. The van der Waals surface area contributed by atoms with Gasteiger partial charge < -0.3 is 10.6 Å². The van der Waals surface area contributed by atoms with Gasteiger partial charge in [-0.15, -0.1) is 0 Å². The molecule has 0 bridgehead atoms. The molecule has 1 heterocycles. The van der Waals surface area contributed by atoms with Crippen LogP contribution in [-0.4, -0.2) is 15.9 Å². The van der Waals surface area contributed by atoms with Crippen LogP contribution in [-0.2, 0) is 0 Å². The van der Waals surface area contributed by atoms with Crippen molar-refractivity contribution in [2.75, 3.05) is 10.6 Å². The van der Waals surface area contributed by atoms with Gasteiger partial charge in [-0.25, -0.2) is 9.97 Å². The van der Waals surface area contributed by atoms with Crippen LogP contribution < -0.4 is 10.6 Å². The molecule has 0 saturated heterocycles. The number of rotatable bonds is 4. The molecule has 0 fully saturated rings. The minimum Gasteiger partial charge on any atom is -0.339 e. The standard InChI is InChI=1S/C20H19ClN4O/c1-12-4-5-13(2)16(8-12)24-19-11-22-18(10-23-19)20(26)25-17-9-15(21)7-6-14(17)3/h4-11H,1-3H3,(H,23,24)(H,25,26). The van der Waals surface area contributed by atoms with Crippen LogP contribution in [0.15, 0.2) is 48.8 Å². The van der Waals surface area contributed by atoms with Crippen molar-refractivity contribution in [1.29, 1.82) is 0 Å². The van der Waals surface area contributed by atoms with Gasteiger partial charge in [0.2, 0.25) is 0 Å². The summed E-state index contributed by atoms with van der Waals surface area (Å²) >= 11 is 5.98. The van der Waals surface area contributed by atoms with E-state index in [1.165, 1.54) is 6.20 Å². The second kappa shape index (κ2) is 7.54. The number of carbonyl (C=O) groups excluding carboxylic acids is 1.